The Morgan fingerprint density at radius 1 is 1.53 bits per heavy atom. The lowest BCUT2D eigenvalue weighted by atomic mass is 10.1. The first kappa shape index (κ1) is 13.6. The topological polar surface area (TPSA) is 38.3 Å². The maximum Gasteiger partial charge on any atom is 0.224 e. The van der Waals surface area contributed by atoms with Crippen LogP contribution in [-0.4, -0.2) is 19.6 Å². The van der Waals surface area contributed by atoms with Gasteiger partial charge in [0.25, 0.3) is 0 Å². The third kappa shape index (κ3) is 4.49. The van der Waals surface area contributed by atoms with E-state index in [-0.39, 0.29) is 12.3 Å². The van der Waals surface area contributed by atoms with Gasteiger partial charge in [-0.25, -0.2) is 0 Å². The molecule has 1 rings (SSSR count). The molecule has 0 bridgehead atoms. The summed E-state index contributed by atoms with van der Waals surface area (Å²) in [5.74, 6) is 0.591. The van der Waals surface area contributed by atoms with Crippen LogP contribution in [0, 0.1) is 0 Å². The van der Waals surface area contributed by atoms with Crippen LogP contribution in [0.15, 0.2) is 30.4 Å². The number of ether oxygens (including phenoxy) is 1. The average Bonchev–Trinajstić information content (AvgIpc) is 2.27. The molecule has 1 aromatic rings. The van der Waals surface area contributed by atoms with Gasteiger partial charge in [-0.1, -0.05) is 23.8 Å². The highest BCUT2D eigenvalue weighted by Gasteiger charge is 2.09. The lowest BCUT2D eigenvalue weighted by Crippen LogP contribution is -2.26. The maximum atomic E-state index is 11.6. The molecule has 3 nitrogen and oxygen atoms in total. The van der Waals surface area contributed by atoms with Gasteiger partial charge in [0.2, 0.25) is 5.91 Å². The lowest BCUT2D eigenvalue weighted by molar-refractivity contribution is -0.120. The number of hydrogen-bond acceptors (Lipinski definition) is 2. The molecule has 17 heavy (non-hydrogen) atoms. The molecule has 0 aromatic heterocycles. The lowest BCUT2D eigenvalue weighted by Gasteiger charge is -2.09. The van der Waals surface area contributed by atoms with Gasteiger partial charge in [-0.05, 0) is 25.1 Å². The normalized spacial score (nSPS) is 9.82. The number of amides is 1. The van der Waals surface area contributed by atoms with Crippen molar-refractivity contribution in [1.82, 2.24) is 5.32 Å². The van der Waals surface area contributed by atoms with E-state index in [9.17, 15) is 4.79 Å². The number of rotatable bonds is 5. The van der Waals surface area contributed by atoms with Gasteiger partial charge in [-0.15, -0.1) is 0 Å². The van der Waals surface area contributed by atoms with Crippen LogP contribution >= 0.6 is 11.6 Å². The standard InChI is InChI=1S/C13H16ClNO2/c1-9(2)8-15-13(16)7-10-6-11(14)4-5-12(10)17-3/h4-6H,1,7-8H2,2-3H3,(H,15,16). The van der Waals surface area contributed by atoms with E-state index in [1.165, 1.54) is 0 Å². The molecule has 1 amide bonds. The van der Waals surface area contributed by atoms with Crippen LogP contribution < -0.4 is 10.1 Å². The summed E-state index contributed by atoms with van der Waals surface area (Å²) in [7, 11) is 1.57. The number of hydrogen-bond donors (Lipinski definition) is 1. The summed E-state index contributed by atoms with van der Waals surface area (Å²) in [5.41, 5.74) is 1.69. The number of halogens is 1. The molecule has 0 spiro atoms. The highest BCUT2D eigenvalue weighted by molar-refractivity contribution is 6.30. The van der Waals surface area contributed by atoms with Gasteiger partial charge in [0.15, 0.2) is 0 Å². The quantitative estimate of drug-likeness (QED) is 0.819. The molecule has 0 aliphatic heterocycles. The second kappa shape index (κ2) is 6.30. The van der Waals surface area contributed by atoms with E-state index in [0.717, 1.165) is 11.1 Å². The molecule has 1 aromatic carbocycles. The molecule has 0 unspecified atom stereocenters. The molecule has 0 atom stereocenters. The number of methoxy groups -OCH3 is 1. The maximum absolute atomic E-state index is 11.6. The van der Waals surface area contributed by atoms with Gasteiger partial charge in [-0.2, -0.15) is 0 Å². The van der Waals surface area contributed by atoms with Gasteiger partial charge < -0.3 is 10.1 Å². The van der Waals surface area contributed by atoms with Crippen LogP contribution in [0.25, 0.3) is 0 Å². The van der Waals surface area contributed by atoms with Crippen molar-refractivity contribution < 1.29 is 9.53 Å². The van der Waals surface area contributed by atoms with Crippen molar-refractivity contribution in [3.05, 3.63) is 40.9 Å². The molecular weight excluding hydrogens is 238 g/mol. The van der Waals surface area contributed by atoms with Gasteiger partial charge in [0.1, 0.15) is 5.75 Å². The summed E-state index contributed by atoms with van der Waals surface area (Å²) >= 11 is 5.88. The number of nitrogens with one attached hydrogen (secondary N) is 1. The number of carbonyl (C=O) groups excluding carboxylic acids is 1. The van der Waals surface area contributed by atoms with Crippen LogP contribution in [0.4, 0.5) is 0 Å². The minimum atomic E-state index is -0.0754. The number of carbonyl (C=O) groups is 1. The zero-order valence-corrected chi connectivity index (χ0v) is 10.8. The molecule has 0 radical (unpaired) electrons. The molecule has 1 N–H and O–H groups in total. The molecule has 0 saturated carbocycles. The molecule has 0 saturated heterocycles. The molecule has 0 aliphatic carbocycles. The molecule has 92 valence electrons. The first-order valence-corrected chi connectivity index (χ1v) is 5.64. The van der Waals surface area contributed by atoms with Crippen molar-refractivity contribution in [2.75, 3.05) is 13.7 Å². The zero-order valence-electron chi connectivity index (χ0n) is 10.0. The van der Waals surface area contributed by atoms with Crippen LogP contribution in [0.2, 0.25) is 5.02 Å². The smallest absolute Gasteiger partial charge is 0.224 e. The highest BCUT2D eigenvalue weighted by Crippen LogP contribution is 2.22. The van der Waals surface area contributed by atoms with Crippen molar-refractivity contribution in [3.8, 4) is 5.75 Å². The van der Waals surface area contributed by atoms with E-state index < -0.39 is 0 Å². The summed E-state index contributed by atoms with van der Waals surface area (Å²) < 4.78 is 5.17. The largest absolute Gasteiger partial charge is 0.496 e. The van der Waals surface area contributed by atoms with Crippen LogP contribution in [0.1, 0.15) is 12.5 Å². The Morgan fingerprint density at radius 3 is 2.82 bits per heavy atom. The van der Waals surface area contributed by atoms with Crippen molar-refractivity contribution in [2.45, 2.75) is 13.3 Å². The first-order chi connectivity index (χ1) is 8.02. The number of benzene rings is 1. The van der Waals surface area contributed by atoms with E-state index in [4.69, 9.17) is 16.3 Å². The van der Waals surface area contributed by atoms with Crippen molar-refractivity contribution in [3.63, 3.8) is 0 Å². The zero-order chi connectivity index (χ0) is 12.8. The summed E-state index contributed by atoms with van der Waals surface area (Å²) in [6, 6.07) is 5.22. The van der Waals surface area contributed by atoms with Crippen LogP contribution in [0.3, 0.4) is 0 Å². The summed E-state index contributed by atoms with van der Waals surface area (Å²) in [6.07, 6.45) is 0.247. The van der Waals surface area contributed by atoms with Gasteiger partial charge >= 0.3 is 0 Å². The average molecular weight is 254 g/mol. The molecule has 0 aliphatic rings. The van der Waals surface area contributed by atoms with E-state index in [0.29, 0.717) is 17.3 Å². The van der Waals surface area contributed by atoms with Crippen molar-refractivity contribution >= 4 is 17.5 Å². The van der Waals surface area contributed by atoms with Gasteiger partial charge in [0.05, 0.1) is 13.5 Å². The minimum absolute atomic E-state index is 0.0754. The van der Waals surface area contributed by atoms with Crippen molar-refractivity contribution in [2.24, 2.45) is 0 Å². The Bertz CT molecular complexity index is 429. The van der Waals surface area contributed by atoms with Gasteiger partial charge in [0, 0.05) is 17.1 Å². The first-order valence-electron chi connectivity index (χ1n) is 5.26. The van der Waals surface area contributed by atoms with E-state index >= 15 is 0 Å². The molecular formula is C13H16ClNO2. The van der Waals surface area contributed by atoms with Crippen LogP contribution in [0.5, 0.6) is 5.75 Å². The Labute approximate surface area is 106 Å². The highest BCUT2D eigenvalue weighted by atomic mass is 35.5. The van der Waals surface area contributed by atoms with E-state index in [2.05, 4.69) is 11.9 Å². The Morgan fingerprint density at radius 2 is 2.24 bits per heavy atom. The molecule has 4 heteroatoms. The SMILES string of the molecule is C=C(C)CNC(=O)Cc1cc(Cl)ccc1OC. The molecule has 0 heterocycles. The summed E-state index contributed by atoms with van der Waals surface area (Å²) in [5, 5.41) is 3.36. The fraction of sp³-hybridized carbons (Fsp3) is 0.308. The van der Waals surface area contributed by atoms with Crippen molar-refractivity contribution in [1.29, 1.82) is 0 Å². The Kier molecular flexibility index (Phi) is 5.04. The monoisotopic (exact) mass is 253 g/mol. The third-order valence-electron chi connectivity index (χ3n) is 2.18. The fourth-order valence-corrected chi connectivity index (χ4v) is 1.56. The second-order valence-electron chi connectivity index (χ2n) is 3.87. The summed E-state index contributed by atoms with van der Waals surface area (Å²) in [6.45, 7) is 6.07. The van der Waals surface area contributed by atoms with Crippen LogP contribution in [-0.2, 0) is 11.2 Å². The predicted octanol–water partition coefficient (Wildman–Crippen LogP) is 2.58. The second-order valence-corrected chi connectivity index (χ2v) is 4.30. The summed E-state index contributed by atoms with van der Waals surface area (Å²) in [4.78, 5) is 11.6. The third-order valence-corrected chi connectivity index (χ3v) is 2.42. The Balaban J connectivity index is 2.69. The predicted molar refractivity (Wildman–Crippen MR) is 69.5 cm³/mol. The minimum Gasteiger partial charge on any atom is -0.496 e. The van der Waals surface area contributed by atoms with Gasteiger partial charge in [-0.3, -0.25) is 4.79 Å². The van der Waals surface area contributed by atoms with E-state index in [1.54, 1.807) is 25.3 Å². The molecule has 0 fully saturated rings. The fourth-order valence-electron chi connectivity index (χ4n) is 1.37. The Hall–Kier alpha value is -1.48. The van der Waals surface area contributed by atoms with E-state index in [1.807, 2.05) is 6.92 Å².